The fourth-order valence-electron chi connectivity index (χ4n) is 2.79. The molecule has 2 N–H and O–H groups in total. The van der Waals surface area contributed by atoms with Crippen molar-refractivity contribution in [3.8, 4) is 0 Å². The maximum Gasteiger partial charge on any atom is 0.322 e. The van der Waals surface area contributed by atoms with E-state index < -0.39 is 27.4 Å². The van der Waals surface area contributed by atoms with Crippen molar-refractivity contribution in [1.82, 2.24) is 14.5 Å². The molecule has 0 saturated carbocycles. The summed E-state index contributed by atoms with van der Waals surface area (Å²) in [5.41, 5.74) is -0.188. The second kappa shape index (κ2) is 4.85. The molecule has 1 atom stereocenters. The summed E-state index contributed by atoms with van der Waals surface area (Å²) in [5, 5.41) is 15.7. The third-order valence-electron chi connectivity index (χ3n) is 3.83. The smallest absolute Gasteiger partial charge is 0.322 e. The van der Waals surface area contributed by atoms with E-state index in [9.17, 15) is 18.3 Å². The third-order valence-corrected chi connectivity index (χ3v) is 5.81. The van der Waals surface area contributed by atoms with Gasteiger partial charge in [-0.15, -0.1) is 0 Å². The van der Waals surface area contributed by atoms with Crippen LogP contribution in [0, 0.1) is 12.3 Å². The average molecular weight is 301 g/mol. The SMILES string of the molecule is Cc1[nH]ncc1S(=O)(=O)N1CCCC(C)(C)C1C(=O)O. The molecule has 2 heterocycles. The van der Waals surface area contributed by atoms with Crippen molar-refractivity contribution < 1.29 is 18.3 Å². The number of nitrogens with one attached hydrogen (secondary N) is 1. The lowest BCUT2D eigenvalue weighted by Gasteiger charge is -2.42. The fraction of sp³-hybridized carbons (Fsp3) is 0.667. The van der Waals surface area contributed by atoms with E-state index in [1.54, 1.807) is 20.8 Å². The number of aromatic amines is 1. The molecule has 0 radical (unpaired) electrons. The molecule has 0 bridgehead atoms. The van der Waals surface area contributed by atoms with Crippen molar-refractivity contribution in [2.75, 3.05) is 6.54 Å². The molecule has 1 fully saturated rings. The van der Waals surface area contributed by atoms with Gasteiger partial charge in [-0.3, -0.25) is 9.89 Å². The molecule has 20 heavy (non-hydrogen) atoms. The van der Waals surface area contributed by atoms with Crippen LogP contribution in [0.4, 0.5) is 0 Å². The van der Waals surface area contributed by atoms with Crippen LogP contribution in [0.5, 0.6) is 0 Å². The highest BCUT2D eigenvalue weighted by Crippen LogP contribution is 2.38. The summed E-state index contributed by atoms with van der Waals surface area (Å²) >= 11 is 0. The van der Waals surface area contributed by atoms with E-state index >= 15 is 0 Å². The molecule has 0 aromatic carbocycles. The molecule has 1 aliphatic rings. The monoisotopic (exact) mass is 301 g/mol. The van der Waals surface area contributed by atoms with Crippen LogP contribution in [-0.2, 0) is 14.8 Å². The van der Waals surface area contributed by atoms with Crippen LogP contribution >= 0.6 is 0 Å². The second-order valence-corrected chi connectivity index (χ2v) is 7.67. The van der Waals surface area contributed by atoms with Crippen LogP contribution in [0.15, 0.2) is 11.1 Å². The minimum Gasteiger partial charge on any atom is -0.480 e. The topological polar surface area (TPSA) is 103 Å². The van der Waals surface area contributed by atoms with Crippen LogP contribution in [-0.4, -0.2) is 46.6 Å². The molecular weight excluding hydrogens is 282 g/mol. The summed E-state index contributed by atoms with van der Waals surface area (Å²) < 4.78 is 26.4. The Labute approximate surface area is 118 Å². The molecule has 1 aliphatic heterocycles. The zero-order chi connectivity index (χ0) is 15.1. The van der Waals surface area contributed by atoms with E-state index in [2.05, 4.69) is 10.2 Å². The Hall–Kier alpha value is -1.41. The first-order valence-corrected chi connectivity index (χ1v) is 7.86. The zero-order valence-corrected chi connectivity index (χ0v) is 12.6. The van der Waals surface area contributed by atoms with Crippen molar-refractivity contribution in [3.63, 3.8) is 0 Å². The first kappa shape index (κ1) is 15.0. The Morgan fingerprint density at radius 2 is 2.20 bits per heavy atom. The summed E-state index contributed by atoms with van der Waals surface area (Å²) in [6, 6.07) is -1.06. The molecule has 0 amide bonds. The molecule has 1 unspecified atom stereocenters. The minimum atomic E-state index is -3.86. The predicted molar refractivity (Wildman–Crippen MR) is 71.7 cm³/mol. The number of hydrogen-bond donors (Lipinski definition) is 2. The summed E-state index contributed by atoms with van der Waals surface area (Å²) in [6.45, 7) is 5.39. The number of aromatic nitrogens is 2. The van der Waals surface area contributed by atoms with Gasteiger partial charge in [0.2, 0.25) is 10.0 Å². The molecule has 0 aliphatic carbocycles. The second-order valence-electron chi connectivity index (χ2n) is 5.81. The molecule has 1 aromatic rings. The number of aliphatic carboxylic acids is 1. The maximum absolute atomic E-state index is 12.7. The van der Waals surface area contributed by atoms with Gasteiger partial charge in [-0.25, -0.2) is 8.42 Å². The molecule has 2 rings (SSSR count). The Morgan fingerprint density at radius 3 is 2.70 bits per heavy atom. The molecule has 1 aromatic heterocycles. The van der Waals surface area contributed by atoms with Crippen molar-refractivity contribution in [1.29, 1.82) is 0 Å². The van der Waals surface area contributed by atoms with Crippen LogP contribution < -0.4 is 0 Å². The van der Waals surface area contributed by atoms with E-state index in [1.165, 1.54) is 6.20 Å². The van der Waals surface area contributed by atoms with E-state index in [4.69, 9.17) is 0 Å². The van der Waals surface area contributed by atoms with Crippen molar-refractivity contribution >= 4 is 16.0 Å². The standard InChI is InChI=1S/C12H19N3O4S/c1-8-9(7-13-14-8)20(18,19)15-6-4-5-12(2,3)10(15)11(16)17/h7,10H,4-6H2,1-3H3,(H,13,14)(H,16,17). The van der Waals surface area contributed by atoms with E-state index in [0.717, 1.165) is 4.31 Å². The zero-order valence-electron chi connectivity index (χ0n) is 11.8. The van der Waals surface area contributed by atoms with Gasteiger partial charge in [0.15, 0.2) is 0 Å². The predicted octanol–water partition coefficient (Wildman–Crippen LogP) is 0.982. The molecule has 112 valence electrons. The third kappa shape index (κ3) is 2.33. The lowest BCUT2D eigenvalue weighted by atomic mass is 9.77. The summed E-state index contributed by atoms with van der Waals surface area (Å²) in [4.78, 5) is 11.6. The van der Waals surface area contributed by atoms with Crippen LogP contribution in [0.25, 0.3) is 0 Å². The van der Waals surface area contributed by atoms with Crippen molar-refractivity contribution in [2.45, 2.75) is 44.6 Å². The molecule has 1 saturated heterocycles. The van der Waals surface area contributed by atoms with Gasteiger partial charge in [-0.2, -0.15) is 9.40 Å². The van der Waals surface area contributed by atoms with Gasteiger partial charge in [0, 0.05) is 6.54 Å². The van der Waals surface area contributed by atoms with Gasteiger partial charge in [-0.1, -0.05) is 13.8 Å². The maximum atomic E-state index is 12.7. The van der Waals surface area contributed by atoms with Gasteiger partial charge in [0.05, 0.1) is 11.9 Å². The largest absolute Gasteiger partial charge is 0.480 e. The van der Waals surface area contributed by atoms with E-state index in [-0.39, 0.29) is 11.4 Å². The number of hydrogen-bond acceptors (Lipinski definition) is 4. The number of carboxylic acid groups (broad SMARTS) is 1. The average Bonchev–Trinajstić information content (AvgIpc) is 2.73. The van der Waals surface area contributed by atoms with Gasteiger partial charge in [-0.05, 0) is 25.2 Å². The molecular formula is C12H19N3O4S. The van der Waals surface area contributed by atoms with Crippen LogP contribution in [0.1, 0.15) is 32.4 Å². The Bertz CT molecular complexity index is 620. The number of carbonyl (C=O) groups is 1. The lowest BCUT2D eigenvalue weighted by molar-refractivity contribution is -0.147. The summed E-state index contributed by atoms with van der Waals surface area (Å²) in [7, 11) is -3.86. The minimum absolute atomic E-state index is 0.0430. The number of carboxylic acids is 1. The first-order chi connectivity index (χ1) is 9.18. The van der Waals surface area contributed by atoms with Crippen LogP contribution in [0.3, 0.4) is 0 Å². The fourth-order valence-corrected chi connectivity index (χ4v) is 4.68. The quantitative estimate of drug-likeness (QED) is 0.866. The first-order valence-electron chi connectivity index (χ1n) is 6.42. The molecule has 0 spiro atoms. The Kier molecular flexibility index (Phi) is 3.64. The summed E-state index contributed by atoms with van der Waals surface area (Å²) in [6.07, 6.45) is 2.55. The molecule has 7 nitrogen and oxygen atoms in total. The Balaban J connectivity index is 2.49. The van der Waals surface area contributed by atoms with Gasteiger partial charge >= 0.3 is 5.97 Å². The van der Waals surface area contributed by atoms with Crippen molar-refractivity contribution in [2.24, 2.45) is 5.41 Å². The van der Waals surface area contributed by atoms with Crippen LogP contribution in [0.2, 0.25) is 0 Å². The lowest BCUT2D eigenvalue weighted by Crippen LogP contribution is -2.56. The number of nitrogens with zero attached hydrogens (tertiary/aromatic N) is 2. The van der Waals surface area contributed by atoms with Gasteiger partial charge < -0.3 is 5.11 Å². The summed E-state index contributed by atoms with van der Waals surface area (Å²) in [5.74, 6) is -1.11. The number of sulfonamides is 1. The van der Waals surface area contributed by atoms with E-state index in [1.807, 2.05) is 0 Å². The van der Waals surface area contributed by atoms with Crippen molar-refractivity contribution in [3.05, 3.63) is 11.9 Å². The number of rotatable bonds is 3. The Morgan fingerprint density at radius 1 is 1.55 bits per heavy atom. The van der Waals surface area contributed by atoms with Gasteiger partial charge in [0.1, 0.15) is 10.9 Å². The highest BCUT2D eigenvalue weighted by Gasteiger charge is 2.48. The van der Waals surface area contributed by atoms with Gasteiger partial charge in [0.25, 0.3) is 0 Å². The number of piperidine rings is 1. The highest BCUT2D eigenvalue weighted by atomic mass is 32.2. The van der Waals surface area contributed by atoms with E-state index in [0.29, 0.717) is 18.5 Å². The molecule has 8 heteroatoms. The number of H-pyrrole nitrogens is 1. The normalized spacial score (nSPS) is 23.6. The number of aryl methyl sites for hydroxylation is 1. The highest BCUT2D eigenvalue weighted by molar-refractivity contribution is 7.89.